The van der Waals surface area contributed by atoms with Gasteiger partial charge in [0, 0.05) is 25.4 Å². The lowest BCUT2D eigenvalue weighted by Crippen LogP contribution is -2.38. The van der Waals surface area contributed by atoms with Gasteiger partial charge in [0.05, 0.1) is 31.1 Å². The van der Waals surface area contributed by atoms with Gasteiger partial charge in [-0.3, -0.25) is 14.5 Å². The fourth-order valence-corrected chi connectivity index (χ4v) is 3.94. The number of hydrogen-bond donors (Lipinski definition) is 2. The first kappa shape index (κ1) is 20.7. The van der Waals surface area contributed by atoms with E-state index in [1.54, 1.807) is 31.2 Å². The van der Waals surface area contributed by atoms with Crippen LogP contribution in [0.3, 0.4) is 0 Å². The van der Waals surface area contributed by atoms with Gasteiger partial charge in [-0.2, -0.15) is 0 Å². The average Bonchev–Trinajstić information content (AvgIpc) is 2.72. The van der Waals surface area contributed by atoms with E-state index in [0.29, 0.717) is 35.1 Å². The lowest BCUT2D eigenvalue weighted by molar-refractivity contribution is -0.112. The number of nitrogens with one attached hydrogen (secondary N) is 2. The van der Waals surface area contributed by atoms with Gasteiger partial charge in [0.1, 0.15) is 10.7 Å². The van der Waals surface area contributed by atoms with E-state index in [1.807, 2.05) is 0 Å². The highest BCUT2D eigenvalue weighted by Gasteiger charge is 2.21. The zero-order valence-corrected chi connectivity index (χ0v) is 17.0. The number of nitrogens with zero attached hydrogens (tertiary/aromatic N) is 1. The first-order chi connectivity index (χ1) is 13.6. The van der Waals surface area contributed by atoms with Crippen LogP contribution in [0.15, 0.2) is 34.9 Å². The van der Waals surface area contributed by atoms with Gasteiger partial charge in [-0.1, -0.05) is 12.1 Å². The number of benzene rings is 1. The molecule has 1 aromatic carbocycles. The molecule has 2 aliphatic heterocycles. The topological polar surface area (TPSA) is 79.9 Å². The second kappa shape index (κ2) is 10.5. The van der Waals surface area contributed by atoms with Crippen LogP contribution < -0.4 is 10.6 Å². The van der Waals surface area contributed by atoms with E-state index in [-0.39, 0.29) is 11.8 Å². The molecule has 0 spiro atoms. The number of allylic oxidation sites excluding steroid dienone is 1. The predicted octanol–water partition coefficient (Wildman–Crippen LogP) is 2.07. The first-order valence-corrected chi connectivity index (χ1v) is 10.6. The molecule has 0 bridgehead atoms. The second-order valence-electron chi connectivity index (χ2n) is 6.65. The molecule has 2 N–H and O–H groups in total. The van der Waals surface area contributed by atoms with Gasteiger partial charge in [-0.25, -0.2) is 0 Å². The number of amides is 2. The lowest BCUT2D eigenvalue weighted by atomic mass is 10.1. The molecule has 1 aromatic rings. The summed E-state index contributed by atoms with van der Waals surface area (Å²) in [5.74, 6) is 0.940. The Labute approximate surface area is 169 Å². The van der Waals surface area contributed by atoms with E-state index in [2.05, 4.69) is 15.5 Å². The van der Waals surface area contributed by atoms with Crippen molar-refractivity contribution in [2.24, 2.45) is 0 Å². The Hall–Kier alpha value is -2.03. The molecule has 2 heterocycles. The molecule has 8 heteroatoms. The Bertz CT molecular complexity index is 732. The highest BCUT2D eigenvalue weighted by molar-refractivity contribution is 8.04. The highest BCUT2D eigenvalue weighted by atomic mass is 32.2. The van der Waals surface area contributed by atoms with Crippen molar-refractivity contribution in [3.8, 4) is 0 Å². The Morgan fingerprint density at radius 1 is 1.14 bits per heavy atom. The van der Waals surface area contributed by atoms with Crippen molar-refractivity contribution in [1.82, 2.24) is 10.2 Å². The molecular formula is C20H27N3O4S. The molecule has 7 nitrogen and oxygen atoms in total. The minimum absolute atomic E-state index is 0.184. The zero-order valence-electron chi connectivity index (χ0n) is 16.2. The predicted molar refractivity (Wildman–Crippen MR) is 110 cm³/mol. The lowest BCUT2D eigenvalue weighted by Gasteiger charge is -2.26. The fraction of sp³-hybridized carbons (Fsp3) is 0.500. The van der Waals surface area contributed by atoms with Crippen LogP contribution in [0.5, 0.6) is 0 Å². The average molecular weight is 406 g/mol. The summed E-state index contributed by atoms with van der Waals surface area (Å²) < 4.78 is 10.8. The first-order valence-electron chi connectivity index (χ1n) is 9.60. The van der Waals surface area contributed by atoms with Crippen LogP contribution >= 0.6 is 11.8 Å². The number of carbonyl (C=O) groups is 2. The van der Waals surface area contributed by atoms with Crippen LogP contribution in [-0.4, -0.2) is 68.5 Å². The number of ether oxygens (including phenoxy) is 2. The normalized spacial score (nSPS) is 17.8. The van der Waals surface area contributed by atoms with Crippen LogP contribution in [0.1, 0.15) is 23.7 Å². The van der Waals surface area contributed by atoms with Crippen molar-refractivity contribution in [2.45, 2.75) is 13.3 Å². The van der Waals surface area contributed by atoms with E-state index in [1.165, 1.54) is 11.8 Å². The molecule has 0 aromatic heterocycles. The molecular weight excluding hydrogens is 378 g/mol. The molecule has 2 amide bonds. The fourth-order valence-electron chi connectivity index (χ4n) is 3.12. The van der Waals surface area contributed by atoms with Gasteiger partial charge < -0.3 is 20.1 Å². The van der Waals surface area contributed by atoms with Gasteiger partial charge in [-0.05, 0) is 32.0 Å². The number of rotatable bonds is 7. The molecule has 0 aliphatic carbocycles. The number of anilines is 1. The summed E-state index contributed by atoms with van der Waals surface area (Å²) >= 11 is 1.47. The van der Waals surface area contributed by atoms with Crippen molar-refractivity contribution in [3.63, 3.8) is 0 Å². The molecule has 152 valence electrons. The molecule has 0 unspecified atom stereocenters. The summed E-state index contributed by atoms with van der Waals surface area (Å²) in [6.07, 6.45) is 0.875. The van der Waals surface area contributed by atoms with E-state index in [4.69, 9.17) is 9.47 Å². The maximum atomic E-state index is 12.6. The van der Waals surface area contributed by atoms with E-state index in [0.717, 1.165) is 45.0 Å². The van der Waals surface area contributed by atoms with E-state index < -0.39 is 0 Å². The molecule has 0 radical (unpaired) electrons. The highest BCUT2D eigenvalue weighted by Crippen LogP contribution is 2.27. The van der Waals surface area contributed by atoms with Gasteiger partial charge in [0.15, 0.2) is 0 Å². The van der Waals surface area contributed by atoms with Crippen molar-refractivity contribution < 1.29 is 19.1 Å². The maximum Gasteiger partial charge on any atom is 0.265 e. The third-order valence-corrected chi connectivity index (χ3v) is 5.77. The molecule has 28 heavy (non-hydrogen) atoms. The number of morpholine rings is 1. The molecule has 2 aliphatic rings. The molecule has 3 rings (SSSR count). The summed E-state index contributed by atoms with van der Waals surface area (Å²) in [6, 6.07) is 7.06. The largest absolute Gasteiger partial charge is 0.496 e. The van der Waals surface area contributed by atoms with Crippen LogP contribution in [0.4, 0.5) is 5.69 Å². The second-order valence-corrected chi connectivity index (χ2v) is 7.75. The van der Waals surface area contributed by atoms with Gasteiger partial charge in [0.2, 0.25) is 0 Å². The minimum Gasteiger partial charge on any atom is -0.496 e. The van der Waals surface area contributed by atoms with Crippen LogP contribution in [0.25, 0.3) is 0 Å². The van der Waals surface area contributed by atoms with Crippen LogP contribution in [0, 0.1) is 0 Å². The van der Waals surface area contributed by atoms with Crippen LogP contribution in [-0.2, 0) is 14.3 Å². The Balaban J connectivity index is 1.53. The van der Waals surface area contributed by atoms with Crippen molar-refractivity contribution in [3.05, 3.63) is 40.5 Å². The molecule has 0 saturated carbocycles. The minimum atomic E-state index is -0.241. The quantitative estimate of drug-likeness (QED) is 0.676. The van der Waals surface area contributed by atoms with Crippen molar-refractivity contribution in [2.75, 3.05) is 57.1 Å². The summed E-state index contributed by atoms with van der Waals surface area (Å²) in [5.41, 5.74) is 0.965. The third kappa shape index (κ3) is 5.73. The summed E-state index contributed by atoms with van der Waals surface area (Å²) in [7, 11) is 0. The SMILES string of the molecule is CC1=C(C(=O)Nc2ccccc2C(=O)NCCCN2CCOCC2)SCCO1. The van der Waals surface area contributed by atoms with Gasteiger partial charge in [-0.15, -0.1) is 11.8 Å². The van der Waals surface area contributed by atoms with Crippen molar-refractivity contribution in [1.29, 1.82) is 0 Å². The van der Waals surface area contributed by atoms with Gasteiger partial charge in [0.25, 0.3) is 11.8 Å². The maximum absolute atomic E-state index is 12.6. The number of thioether (sulfide) groups is 1. The van der Waals surface area contributed by atoms with Crippen LogP contribution in [0.2, 0.25) is 0 Å². The number of para-hydroxylation sites is 1. The monoisotopic (exact) mass is 405 g/mol. The standard InChI is InChI=1S/C20H27N3O4S/c1-15-18(28-14-13-27-15)20(25)22-17-6-3-2-5-16(17)19(24)21-7-4-8-23-9-11-26-12-10-23/h2-3,5-6H,4,7-14H2,1H3,(H,21,24)(H,22,25). The summed E-state index contributed by atoms with van der Waals surface area (Å²) in [6.45, 7) is 7.36. The zero-order chi connectivity index (χ0) is 19.8. The smallest absolute Gasteiger partial charge is 0.265 e. The van der Waals surface area contributed by atoms with Crippen molar-refractivity contribution >= 4 is 29.3 Å². The number of hydrogen-bond acceptors (Lipinski definition) is 6. The Kier molecular flexibility index (Phi) is 7.76. The molecule has 1 saturated heterocycles. The van der Waals surface area contributed by atoms with E-state index >= 15 is 0 Å². The van der Waals surface area contributed by atoms with Gasteiger partial charge >= 0.3 is 0 Å². The molecule has 0 atom stereocenters. The summed E-state index contributed by atoms with van der Waals surface area (Å²) in [5, 5.41) is 5.80. The van der Waals surface area contributed by atoms with E-state index in [9.17, 15) is 9.59 Å². The summed E-state index contributed by atoms with van der Waals surface area (Å²) in [4.78, 5) is 28.1. The Morgan fingerprint density at radius 2 is 1.93 bits per heavy atom. The molecule has 1 fully saturated rings. The third-order valence-electron chi connectivity index (χ3n) is 4.63. The number of carbonyl (C=O) groups excluding carboxylic acids is 2. The Morgan fingerprint density at radius 3 is 2.71 bits per heavy atom.